The van der Waals surface area contributed by atoms with E-state index >= 15 is 0 Å². The molecule has 1 aliphatic heterocycles. The highest BCUT2D eigenvalue weighted by molar-refractivity contribution is 5.48. The summed E-state index contributed by atoms with van der Waals surface area (Å²) in [5.41, 5.74) is 3.69. The fourth-order valence-electron chi connectivity index (χ4n) is 3.08. The normalized spacial score (nSPS) is 16.3. The topological polar surface area (TPSA) is 41.3 Å². The molecule has 0 atom stereocenters. The number of aromatic nitrogens is 1. The van der Waals surface area contributed by atoms with Crippen molar-refractivity contribution < 1.29 is 4.42 Å². The van der Waals surface area contributed by atoms with E-state index in [2.05, 4.69) is 60.2 Å². The first-order valence-corrected chi connectivity index (χ1v) is 8.61. The highest BCUT2D eigenvalue weighted by Crippen LogP contribution is 2.21. The Morgan fingerprint density at radius 2 is 2.09 bits per heavy atom. The molecule has 0 saturated carbocycles. The lowest BCUT2D eigenvalue weighted by Gasteiger charge is -2.34. The SMILES string of the molecule is Cc1cccc(N2CCC(NCc3coc(C(C)C)n3)CC2)c1. The molecule has 1 aromatic heterocycles. The van der Waals surface area contributed by atoms with Gasteiger partial charge in [-0.3, -0.25) is 0 Å². The first-order chi connectivity index (χ1) is 11.1. The Bertz CT molecular complexity index is 627. The largest absolute Gasteiger partial charge is 0.448 e. The van der Waals surface area contributed by atoms with E-state index in [-0.39, 0.29) is 0 Å². The van der Waals surface area contributed by atoms with E-state index in [0.717, 1.165) is 31.2 Å². The Morgan fingerprint density at radius 3 is 2.74 bits per heavy atom. The second-order valence-corrected chi connectivity index (χ2v) is 6.81. The van der Waals surface area contributed by atoms with Crippen molar-refractivity contribution in [2.75, 3.05) is 18.0 Å². The van der Waals surface area contributed by atoms with Crippen LogP contribution in [0, 0.1) is 6.92 Å². The summed E-state index contributed by atoms with van der Waals surface area (Å²) >= 11 is 0. The lowest BCUT2D eigenvalue weighted by atomic mass is 10.0. The molecule has 1 aliphatic rings. The zero-order valence-electron chi connectivity index (χ0n) is 14.4. The molecular weight excluding hydrogens is 286 g/mol. The molecule has 1 aromatic carbocycles. The van der Waals surface area contributed by atoms with Gasteiger partial charge in [0.25, 0.3) is 0 Å². The monoisotopic (exact) mass is 313 g/mol. The van der Waals surface area contributed by atoms with Crippen molar-refractivity contribution >= 4 is 5.69 Å². The van der Waals surface area contributed by atoms with Crippen LogP contribution in [0.2, 0.25) is 0 Å². The number of aryl methyl sites for hydroxylation is 1. The molecule has 124 valence electrons. The van der Waals surface area contributed by atoms with Crippen molar-refractivity contribution in [3.63, 3.8) is 0 Å². The van der Waals surface area contributed by atoms with Crippen LogP contribution in [0.1, 0.15) is 49.8 Å². The van der Waals surface area contributed by atoms with Gasteiger partial charge in [-0.1, -0.05) is 26.0 Å². The number of rotatable bonds is 5. The lowest BCUT2D eigenvalue weighted by molar-refractivity contribution is 0.411. The Kier molecular flexibility index (Phi) is 5.01. The second-order valence-electron chi connectivity index (χ2n) is 6.81. The number of oxazole rings is 1. The van der Waals surface area contributed by atoms with Crippen molar-refractivity contribution in [2.24, 2.45) is 0 Å². The van der Waals surface area contributed by atoms with Gasteiger partial charge in [-0.25, -0.2) is 4.98 Å². The molecule has 4 heteroatoms. The molecule has 1 N–H and O–H groups in total. The fourth-order valence-corrected chi connectivity index (χ4v) is 3.08. The highest BCUT2D eigenvalue weighted by atomic mass is 16.3. The summed E-state index contributed by atoms with van der Waals surface area (Å²) < 4.78 is 5.49. The van der Waals surface area contributed by atoms with Crippen LogP contribution in [0.25, 0.3) is 0 Å². The molecule has 0 amide bonds. The third-order valence-electron chi connectivity index (χ3n) is 4.50. The van der Waals surface area contributed by atoms with Crippen molar-refractivity contribution in [3.05, 3.63) is 47.7 Å². The summed E-state index contributed by atoms with van der Waals surface area (Å²) in [6.45, 7) is 9.37. The van der Waals surface area contributed by atoms with E-state index in [4.69, 9.17) is 4.42 Å². The zero-order chi connectivity index (χ0) is 16.2. The van der Waals surface area contributed by atoms with Gasteiger partial charge in [-0.15, -0.1) is 0 Å². The smallest absolute Gasteiger partial charge is 0.196 e. The Labute approximate surface area is 138 Å². The van der Waals surface area contributed by atoms with Crippen molar-refractivity contribution in [3.8, 4) is 0 Å². The molecule has 0 unspecified atom stereocenters. The van der Waals surface area contributed by atoms with E-state index in [9.17, 15) is 0 Å². The van der Waals surface area contributed by atoms with Gasteiger partial charge in [-0.05, 0) is 37.5 Å². The van der Waals surface area contributed by atoms with Crippen LogP contribution in [-0.2, 0) is 6.54 Å². The van der Waals surface area contributed by atoms with Crippen LogP contribution in [0.15, 0.2) is 34.9 Å². The molecule has 2 aromatic rings. The molecule has 1 saturated heterocycles. The van der Waals surface area contributed by atoms with Gasteiger partial charge in [0, 0.05) is 37.3 Å². The minimum absolute atomic E-state index is 0.348. The second kappa shape index (κ2) is 7.18. The predicted octanol–water partition coefficient (Wildman–Crippen LogP) is 3.87. The molecule has 4 nitrogen and oxygen atoms in total. The number of hydrogen-bond acceptors (Lipinski definition) is 4. The Balaban J connectivity index is 1.47. The van der Waals surface area contributed by atoms with Crippen molar-refractivity contribution in [2.45, 2.75) is 52.1 Å². The third-order valence-corrected chi connectivity index (χ3v) is 4.50. The summed E-state index contributed by atoms with van der Waals surface area (Å²) in [6.07, 6.45) is 4.12. The molecule has 0 radical (unpaired) electrons. The Morgan fingerprint density at radius 1 is 1.30 bits per heavy atom. The van der Waals surface area contributed by atoms with E-state index < -0.39 is 0 Å². The number of piperidine rings is 1. The van der Waals surface area contributed by atoms with Gasteiger partial charge in [0.05, 0.1) is 5.69 Å². The van der Waals surface area contributed by atoms with Gasteiger partial charge in [-0.2, -0.15) is 0 Å². The van der Waals surface area contributed by atoms with E-state index in [1.807, 2.05) is 0 Å². The number of benzene rings is 1. The first-order valence-electron chi connectivity index (χ1n) is 8.61. The maximum atomic E-state index is 5.49. The summed E-state index contributed by atoms with van der Waals surface area (Å²) in [4.78, 5) is 7.01. The average Bonchev–Trinajstić information content (AvgIpc) is 3.03. The zero-order valence-corrected chi connectivity index (χ0v) is 14.4. The summed E-state index contributed by atoms with van der Waals surface area (Å²) in [6, 6.07) is 9.35. The lowest BCUT2D eigenvalue weighted by Crippen LogP contribution is -2.42. The minimum atomic E-state index is 0.348. The number of anilines is 1. The van der Waals surface area contributed by atoms with Crippen LogP contribution < -0.4 is 10.2 Å². The third kappa shape index (κ3) is 4.14. The number of nitrogens with zero attached hydrogens (tertiary/aromatic N) is 2. The summed E-state index contributed by atoms with van der Waals surface area (Å²) in [5.74, 6) is 1.18. The maximum absolute atomic E-state index is 5.49. The predicted molar refractivity (Wildman–Crippen MR) is 93.8 cm³/mol. The molecular formula is C19H27N3O. The van der Waals surface area contributed by atoms with Gasteiger partial charge in [0.1, 0.15) is 6.26 Å². The quantitative estimate of drug-likeness (QED) is 0.910. The van der Waals surface area contributed by atoms with Crippen LogP contribution >= 0.6 is 0 Å². The molecule has 3 rings (SSSR count). The van der Waals surface area contributed by atoms with Crippen LogP contribution in [0.5, 0.6) is 0 Å². The minimum Gasteiger partial charge on any atom is -0.448 e. The molecule has 23 heavy (non-hydrogen) atoms. The molecule has 0 aliphatic carbocycles. The first kappa shape index (κ1) is 16.1. The van der Waals surface area contributed by atoms with E-state index in [1.165, 1.54) is 24.1 Å². The van der Waals surface area contributed by atoms with E-state index in [1.54, 1.807) is 6.26 Å². The van der Waals surface area contributed by atoms with Gasteiger partial charge in [0.15, 0.2) is 5.89 Å². The summed E-state index contributed by atoms with van der Waals surface area (Å²) in [7, 11) is 0. The molecule has 0 bridgehead atoms. The molecule has 0 spiro atoms. The van der Waals surface area contributed by atoms with Crippen LogP contribution in [0.3, 0.4) is 0 Å². The Hall–Kier alpha value is -1.81. The van der Waals surface area contributed by atoms with Gasteiger partial charge >= 0.3 is 0 Å². The average molecular weight is 313 g/mol. The van der Waals surface area contributed by atoms with Crippen LogP contribution in [-0.4, -0.2) is 24.1 Å². The number of hydrogen-bond donors (Lipinski definition) is 1. The van der Waals surface area contributed by atoms with Gasteiger partial charge < -0.3 is 14.6 Å². The number of nitrogens with one attached hydrogen (secondary N) is 1. The molecule has 2 heterocycles. The van der Waals surface area contributed by atoms with Crippen LogP contribution in [0.4, 0.5) is 5.69 Å². The van der Waals surface area contributed by atoms with Crippen molar-refractivity contribution in [1.29, 1.82) is 0 Å². The van der Waals surface area contributed by atoms with Crippen molar-refractivity contribution in [1.82, 2.24) is 10.3 Å². The van der Waals surface area contributed by atoms with Gasteiger partial charge in [0.2, 0.25) is 0 Å². The fraction of sp³-hybridized carbons (Fsp3) is 0.526. The maximum Gasteiger partial charge on any atom is 0.196 e. The van der Waals surface area contributed by atoms with E-state index in [0.29, 0.717) is 12.0 Å². The summed E-state index contributed by atoms with van der Waals surface area (Å²) in [5, 5.41) is 3.62. The highest BCUT2D eigenvalue weighted by Gasteiger charge is 2.19. The molecule has 1 fully saturated rings. The standard InChI is InChI=1S/C19H27N3O/c1-14(2)19-21-17(13-23-19)12-20-16-7-9-22(10-8-16)18-6-4-5-15(3)11-18/h4-6,11,13-14,16,20H,7-10,12H2,1-3H3.